The largest absolute Gasteiger partial charge is 0.376 e. The maximum atomic E-state index is 13.4. The lowest BCUT2D eigenvalue weighted by molar-refractivity contribution is -0.0771. The van der Waals surface area contributed by atoms with E-state index in [1.54, 1.807) is 12.1 Å². The van der Waals surface area contributed by atoms with E-state index >= 15 is 0 Å². The van der Waals surface area contributed by atoms with E-state index in [1.807, 2.05) is 36.5 Å². The number of ether oxygens (including phenoxy) is 1. The summed E-state index contributed by atoms with van der Waals surface area (Å²) in [5.74, 6) is 0.741. The molecule has 0 aliphatic carbocycles. The molecule has 138 valence electrons. The van der Waals surface area contributed by atoms with Crippen LogP contribution in [0.15, 0.2) is 59.6 Å². The molecular weight excluding hydrogens is 325 g/mol. The van der Waals surface area contributed by atoms with Crippen LogP contribution in [0.25, 0.3) is 0 Å². The van der Waals surface area contributed by atoms with Crippen LogP contribution in [0.4, 0.5) is 4.39 Å². The lowest BCUT2D eigenvalue weighted by Gasteiger charge is -2.39. The summed E-state index contributed by atoms with van der Waals surface area (Å²) in [6, 6.07) is 17.2. The van der Waals surface area contributed by atoms with Gasteiger partial charge in [-0.2, -0.15) is 0 Å². The monoisotopic (exact) mass is 353 g/mol. The molecule has 3 heteroatoms. The van der Waals surface area contributed by atoms with Crippen molar-refractivity contribution in [1.82, 2.24) is 0 Å². The molecule has 0 saturated carbocycles. The molecule has 3 rings (SSSR count). The molecule has 0 unspecified atom stereocenters. The average molecular weight is 353 g/mol. The predicted octanol–water partition coefficient (Wildman–Crippen LogP) is 5.62. The maximum absolute atomic E-state index is 13.4. The topological polar surface area (TPSA) is 21.6 Å². The third-order valence-electron chi connectivity index (χ3n) is 5.21. The van der Waals surface area contributed by atoms with Gasteiger partial charge in [-0.05, 0) is 68.2 Å². The number of rotatable bonds is 6. The minimum Gasteiger partial charge on any atom is -0.376 e. The van der Waals surface area contributed by atoms with E-state index in [4.69, 9.17) is 4.74 Å². The molecule has 0 radical (unpaired) electrons. The van der Waals surface area contributed by atoms with Gasteiger partial charge in [0.05, 0.1) is 5.60 Å². The van der Waals surface area contributed by atoms with Crippen molar-refractivity contribution < 1.29 is 9.13 Å². The molecule has 0 spiro atoms. The van der Waals surface area contributed by atoms with Crippen LogP contribution in [-0.4, -0.2) is 25.0 Å². The number of hydrogen-bond acceptors (Lipinski definition) is 2. The number of halogens is 1. The Labute approximate surface area is 156 Å². The van der Waals surface area contributed by atoms with E-state index < -0.39 is 0 Å². The van der Waals surface area contributed by atoms with Gasteiger partial charge >= 0.3 is 0 Å². The van der Waals surface area contributed by atoms with Crippen molar-refractivity contribution in [3.8, 4) is 0 Å². The molecule has 1 fully saturated rings. The predicted molar refractivity (Wildman–Crippen MR) is 105 cm³/mol. The van der Waals surface area contributed by atoms with Crippen LogP contribution in [-0.2, 0) is 4.74 Å². The van der Waals surface area contributed by atoms with Crippen molar-refractivity contribution >= 4 is 6.21 Å². The summed E-state index contributed by atoms with van der Waals surface area (Å²) in [6.07, 6.45) is 4.98. The zero-order valence-electron chi connectivity index (χ0n) is 15.7. The van der Waals surface area contributed by atoms with E-state index in [2.05, 4.69) is 31.0 Å². The van der Waals surface area contributed by atoms with Gasteiger partial charge in [0.1, 0.15) is 5.82 Å². The Kier molecular flexibility index (Phi) is 6.20. The number of hydrogen-bond donors (Lipinski definition) is 0. The molecule has 0 bridgehead atoms. The van der Waals surface area contributed by atoms with Gasteiger partial charge in [0.25, 0.3) is 0 Å². The first-order chi connectivity index (χ1) is 12.5. The SMILES string of the molecule is CC1(C)C[C@@H]([C@H](CCN=Cc2ccccc2)c2ccc(F)cc2)CCO1. The summed E-state index contributed by atoms with van der Waals surface area (Å²) in [5, 5.41) is 0. The fourth-order valence-electron chi connectivity index (χ4n) is 3.93. The molecule has 1 saturated heterocycles. The van der Waals surface area contributed by atoms with E-state index in [1.165, 1.54) is 5.56 Å². The van der Waals surface area contributed by atoms with Gasteiger partial charge in [0, 0.05) is 19.4 Å². The molecule has 0 amide bonds. The van der Waals surface area contributed by atoms with Crippen molar-refractivity contribution in [3.05, 3.63) is 71.5 Å². The van der Waals surface area contributed by atoms with Gasteiger partial charge in [0.2, 0.25) is 0 Å². The number of benzene rings is 2. The highest BCUT2D eigenvalue weighted by molar-refractivity contribution is 5.79. The van der Waals surface area contributed by atoms with Gasteiger partial charge in [-0.15, -0.1) is 0 Å². The molecule has 26 heavy (non-hydrogen) atoms. The first-order valence-corrected chi connectivity index (χ1v) is 9.48. The minimum absolute atomic E-state index is 0.0888. The van der Waals surface area contributed by atoms with Crippen LogP contribution in [0.2, 0.25) is 0 Å². The molecule has 1 aliphatic heterocycles. The van der Waals surface area contributed by atoms with Gasteiger partial charge in [-0.3, -0.25) is 4.99 Å². The Hall–Kier alpha value is -2.00. The summed E-state index contributed by atoms with van der Waals surface area (Å²) in [7, 11) is 0. The fraction of sp³-hybridized carbons (Fsp3) is 0.435. The van der Waals surface area contributed by atoms with Crippen LogP contribution in [0.3, 0.4) is 0 Å². The van der Waals surface area contributed by atoms with E-state index in [0.717, 1.165) is 38.0 Å². The lowest BCUT2D eigenvalue weighted by atomic mass is 9.75. The second-order valence-corrected chi connectivity index (χ2v) is 7.75. The summed E-state index contributed by atoms with van der Waals surface area (Å²) < 4.78 is 19.3. The molecule has 2 nitrogen and oxygen atoms in total. The summed E-state index contributed by atoms with van der Waals surface area (Å²) in [6.45, 7) is 5.89. The van der Waals surface area contributed by atoms with Gasteiger partial charge in [-0.1, -0.05) is 42.5 Å². The second-order valence-electron chi connectivity index (χ2n) is 7.75. The highest BCUT2D eigenvalue weighted by atomic mass is 19.1. The molecule has 2 aromatic carbocycles. The van der Waals surface area contributed by atoms with Crippen molar-refractivity contribution in [2.45, 2.75) is 44.6 Å². The third kappa shape index (κ3) is 5.25. The zero-order valence-corrected chi connectivity index (χ0v) is 15.7. The quantitative estimate of drug-likeness (QED) is 0.617. The van der Waals surface area contributed by atoms with Crippen LogP contribution >= 0.6 is 0 Å². The third-order valence-corrected chi connectivity index (χ3v) is 5.21. The Balaban J connectivity index is 1.70. The fourth-order valence-corrected chi connectivity index (χ4v) is 3.93. The second kappa shape index (κ2) is 8.59. The highest BCUT2D eigenvalue weighted by Gasteiger charge is 2.33. The molecule has 1 heterocycles. The molecule has 0 N–H and O–H groups in total. The molecule has 1 aliphatic rings. The average Bonchev–Trinajstić information content (AvgIpc) is 2.63. The van der Waals surface area contributed by atoms with Crippen LogP contribution in [0, 0.1) is 11.7 Å². The molecule has 2 atom stereocenters. The summed E-state index contributed by atoms with van der Waals surface area (Å²) >= 11 is 0. The smallest absolute Gasteiger partial charge is 0.123 e. The molecule has 2 aromatic rings. The standard InChI is InChI=1S/C23H28FNO/c1-23(2)16-20(13-15-26-23)22(19-8-10-21(24)11-9-19)12-14-25-17-18-6-4-3-5-7-18/h3-11,17,20,22H,12-16H2,1-2H3/t20-,22+/m0/s1. The Bertz CT molecular complexity index is 709. The molecular formula is C23H28FNO. The normalized spacial score (nSPS) is 21.0. The van der Waals surface area contributed by atoms with E-state index in [0.29, 0.717) is 11.8 Å². The van der Waals surface area contributed by atoms with Crippen LogP contribution in [0.1, 0.15) is 50.2 Å². The number of aliphatic imine (C=N–C) groups is 1. The van der Waals surface area contributed by atoms with Gasteiger partial charge < -0.3 is 4.74 Å². The van der Waals surface area contributed by atoms with Crippen LogP contribution < -0.4 is 0 Å². The summed E-state index contributed by atoms with van der Waals surface area (Å²) in [4.78, 5) is 4.63. The van der Waals surface area contributed by atoms with Crippen molar-refractivity contribution in [1.29, 1.82) is 0 Å². The first kappa shape index (κ1) is 18.8. The van der Waals surface area contributed by atoms with Crippen molar-refractivity contribution in [2.24, 2.45) is 10.9 Å². The number of nitrogens with zero attached hydrogens (tertiary/aromatic N) is 1. The Morgan fingerprint density at radius 3 is 2.58 bits per heavy atom. The Morgan fingerprint density at radius 2 is 1.88 bits per heavy atom. The van der Waals surface area contributed by atoms with E-state index in [-0.39, 0.29) is 11.4 Å². The minimum atomic E-state index is -0.179. The van der Waals surface area contributed by atoms with Gasteiger partial charge in [0.15, 0.2) is 0 Å². The Morgan fingerprint density at radius 1 is 1.15 bits per heavy atom. The van der Waals surface area contributed by atoms with Crippen LogP contribution in [0.5, 0.6) is 0 Å². The van der Waals surface area contributed by atoms with Crippen molar-refractivity contribution in [2.75, 3.05) is 13.2 Å². The molecule has 0 aromatic heterocycles. The zero-order chi connectivity index (χ0) is 18.4. The summed E-state index contributed by atoms with van der Waals surface area (Å²) in [5.41, 5.74) is 2.25. The first-order valence-electron chi connectivity index (χ1n) is 9.48. The highest BCUT2D eigenvalue weighted by Crippen LogP contribution is 2.40. The van der Waals surface area contributed by atoms with Gasteiger partial charge in [-0.25, -0.2) is 4.39 Å². The lowest BCUT2D eigenvalue weighted by Crippen LogP contribution is -2.36. The van der Waals surface area contributed by atoms with E-state index in [9.17, 15) is 4.39 Å². The van der Waals surface area contributed by atoms with Crippen molar-refractivity contribution in [3.63, 3.8) is 0 Å². The maximum Gasteiger partial charge on any atom is 0.123 e.